The fourth-order valence-corrected chi connectivity index (χ4v) is 4.35. The highest BCUT2D eigenvalue weighted by Gasteiger charge is 2.39. The molecule has 1 aliphatic rings. The minimum Gasteiger partial charge on any atom is -0.467 e. The molecular weight excluding hydrogens is 436 g/mol. The highest BCUT2D eigenvalue weighted by molar-refractivity contribution is 8.15. The number of amidine groups is 1. The van der Waals surface area contributed by atoms with Crippen LogP contribution in [0, 0.1) is 18.6 Å². The molecule has 1 N–H and O–H groups in total. The molecule has 4 rings (SSSR count). The fraction of sp³-hybridized carbons (Fsp3) is 0.174. The van der Waals surface area contributed by atoms with Crippen molar-refractivity contribution in [3.8, 4) is 0 Å². The van der Waals surface area contributed by atoms with Gasteiger partial charge < -0.3 is 9.73 Å². The molecule has 6 nitrogen and oxygen atoms in total. The van der Waals surface area contributed by atoms with Crippen molar-refractivity contribution in [3.05, 3.63) is 83.8 Å². The second-order valence-electron chi connectivity index (χ2n) is 7.22. The molecule has 9 heteroatoms. The topological polar surface area (TPSA) is 74.9 Å². The maximum absolute atomic E-state index is 13.8. The number of hydrogen-bond acceptors (Lipinski definition) is 5. The number of carbonyl (C=O) groups excluding carboxylic acids is 2. The van der Waals surface area contributed by atoms with Gasteiger partial charge in [0.05, 0.1) is 24.2 Å². The van der Waals surface area contributed by atoms with Crippen LogP contribution in [0.4, 0.5) is 20.2 Å². The smallest absolute Gasteiger partial charge is 0.243 e. The first kappa shape index (κ1) is 21.8. The lowest BCUT2D eigenvalue weighted by atomic mass is 10.2. The Balaban J connectivity index is 1.53. The van der Waals surface area contributed by atoms with Crippen molar-refractivity contribution in [3.63, 3.8) is 0 Å². The summed E-state index contributed by atoms with van der Waals surface area (Å²) in [7, 11) is 0. The van der Waals surface area contributed by atoms with Crippen molar-refractivity contribution in [1.29, 1.82) is 0 Å². The average molecular weight is 455 g/mol. The van der Waals surface area contributed by atoms with E-state index in [1.807, 2.05) is 31.2 Å². The van der Waals surface area contributed by atoms with Crippen LogP contribution in [0.5, 0.6) is 0 Å². The Bertz CT molecular complexity index is 1180. The lowest BCUT2D eigenvalue weighted by molar-refractivity contribution is -0.128. The summed E-state index contributed by atoms with van der Waals surface area (Å²) < 4.78 is 32.3. The summed E-state index contributed by atoms with van der Waals surface area (Å²) in [5.41, 5.74) is 1.56. The maximum Gasteiger partial charge on any atom is 0.243 e. The van der Waals surface area contributed by atoms with Crippen LogP contribution < -0.4 is 5.32 Å². The first-order valence-corrected chi connectivity index (χ1v) is 10.7. The third kappa shape index (κ3) is 5.05. The van der Waals surface area contributed by atoms with Crippen LogP contribution in [0.1, 0.15) is 17.7 Å². The molecule has 1 saturated heterocycles. The van der Waals surface area contributed by atoms with Gasteiger partial charge in [0.2, 0.25) is 11.8 Å². The van der Waals surface area contributed by atoms with Gasteiger partial charge in [-0.2, -0.15) is 0 Å². The number of hydrogen-bond donors (Lipinski definition) is 1. The number of anilines is 1. The lowest BCUT2D eigenvalue weighted by Gasteiger charge is -2.15. The zero-order valence-electron chi connectivity index (χ0n) is 17.0. The summed E-state index contributed by atoms with van der Waals surface area (Å²) in [5.74, 6) is -1.91. The minimum atomic E-state index is -0.884. The predicted octanol–water partition coefficient (Wildman–Crippen LogP) is 5.03. The van der Waals surface area contributed by atoms with E-state index in [0.29, 0.717) is 22.7 Å². The Hall–Kier alpha value is -3.46. The van der Waals surface area contributed by atoms with Crippen LogP contribution in [0.2, 0.25) is 0 Å². The van der Waals surface area contributed by atoms with Crippen LogP contribution in [0.25, 0.3) is 0 Å². The maximum atomic E-state index is 13.8. The van der Waals surface area contributed by atoms with E-state index >= 15 is 0 Å². The van der Waals surface area contributed by atoms with Gasteiger partial charge >= 0.3 is 0 Å². The SMILES string of the molecule is Cc1cccc(N=C2SC(CC(=O)Nc3ccc(F)cc3F)C(=O)N2Cc2ccco2)c1. The molecular formula is C23H19F2N3O3S. The molecule has 1 atom stereocenters. The summed E-state index contributed by atoms with van der Waals surface area (Å²) in [6.07, 6.45) is 1.32. The molecule has 1 aromatic heterocycles. The van der Waals surface area contributed by atoms with E-state index in [2.05, 4.69) is 10.3 Å². The largest absolute Gasteiger partial charge is 0.467 e. The molecule has 1 aliphatic heterocycles. The molecule has 0 spiro atoms. The third-order valence-electron chi connectivity index (χ3n) is 4.72. The predicted molar refractivity (Wildman–Crippen MR) is 119 cm³/mol. The summed E-state index contributed by atoms with van der Waals surface area (Å²) >= 11 is 1.17. The van der Waals surface area contributed by atoms with Gasteiger partial charge in [-0.3, -0.25) is 14.5 Å². The molecule has 2 heterocycles. The molecule has 3 aromatic rings. The van der Waals surface area contributed by atoms with Gasteiger partial charge in [-0.05, 0) is 48.9 Å². The number of aliphatic imine (C=N–C) groups is 1. The number of nitrogens with one attached hydrogen (secondary N) is 1. The van der Waals surface area contributed by atoms with Crippen LogP contribution >= 0.6 is 11.8 Å². The van der Waals surface area contributed by atoms with E-state index in [4.69, 9.17) is 4.42 Å². The van der Waals surface area contributed by atoms with Crippen LogP contribution in [0.3, 0.4) is 0 Å². The van der Waals surface area contributed by atoms with E-state index in [1.54, 1.807) is 12.1 Å². The molecule has 164 valence electrons. The molecule has 0 bridgehead atoms. The summed E-state index contributed by atoms with van der Waals surface area (Å²) in [6.45, 7) is 2.12. The quantitative estimate of drug-likeness (QED) is 0.566. The number of benzene rings is 2. The second-order valence-corrected chi connectivity index (χ2v) is 8.39. The number of thioether (sulfide) groups is 1. The fourth-order valence-electron chi connectivity index (χ4n) is 3.20. The van der Waals surface area contributed by atoms with Gasteiger partial charge in [0, 0.05) is 12.5 Å². The van der Waals surface area contributed by atoms with Gasteiger partial charge in [0.1, 0.15) is 22.6 Å². The second kappa shape index (κ2) is 9.35. The third-order valence-corrected chi connectivity index (χ3v) is 5.89. The van der Waals surface area contributed by atoms with Gasteiger partial charge in [-0.15, -0.1) is 0 Å². The van der Waals surface area contributed by atoms with E-state index in [-0.39, 0.29) is 24.6 Å². The normalized spacial score (nSPS) is 17.2. The Kier molecular flexibility index (Phi) is 6.36. The molecule has 1 fully saturated rings. The van der Waals surface area contributed by atoms with Crippen molar-refractivity contribution in [2.45, 2.75) is 25.1 Å². The zero-order chi connectivity index (χ0) is 22.7. The first-order valence-electron chi connectivity index (χ1n) is 9.80. The number of furan rings is 1. The van der Waals surface area contributed by atoms with Crippen molar-refractivity contribution >= 4 is 40.1 Å². The van der Waals surface area contributed by atoms with Crippen LogP contribution in [0.15, 0.2) is 70.3 Å². The molecule has 1 unspecified atom stereocenters. The zero-order valence-corrected chi connectivity index (χ0v) is 17.9. The van der Waals surface area contributed by atoms with Gasteiger partial charge in [-0.1, -0.05) is 23.9 Å². The van der Waals surface area contributed by atoms with Crippen LogP contribution in [-0.2, 0) is 16.1 Å². The molecule has 0 radical (unpaired) electrons. The van der Waals surface area contributed by atoms with Crippen molar-refractivity contribution < 1.29 is 22.8 Å². The van der Waals surface area contributed by atoms with Crippen molar-refractivity contribution in [1.82, 2.24) is 4.90 Å². The molecule has 0 aliphatic carbocycles. The van der Waals surface area contributed by atoms with E-state index in [9.17, 15) is 18.4 Å². The monoisotopic (exact) mass is 455 g/mol. The summed E-state index contributed by atoms with van der Waals surface area (Å²) in [4.78, 5) is 31.6. The summed E-state index contributed by atoms with van der Waals surface area (Å²) in [5, 5.41) is 2.10. The van der Waals surface area contributed by atoms with Gasteiger partial charge in [0.25, 0.3) is 0 Å². The van der Waals surface area contributed by atoms with Gasteiger partial charge in [-0.25, -0.2) is 13.8 Å². The number of aryl methyl sites for hydroxylation is 1. The van der Waals surface area contributed by atoms with Crippen molar-refractivity contribution in [2.75, 3.05) is 5.32 Å². The number of rotatable bonds is 6. The van der Waals surface area contributed by atoms with E-state index < -0.39 is 22.8 Å². The Morgan fingerprint density at radius 1 is 1.19 bits per heavy atom. The molecule has 0 saturated carbocycles. The highest BCUT2D eigenvalue weighted by Crippen LogP contribution is 2.33. The molecule has 32 heavy (non-hydrogen) atoms. The Morgan fingerprint density at radius 2 is 2.03 bits per heavy atom. The molecule has 2 aromatic carbocycles. The minimum absolute atomic E-state index is 0.145. The number of halogens is 2. The Morgan fingerprint density at radius 3 is 2.75 bits per heavy atom. The number of nitrogens with zero attached hydrogens (tertiary/aromatic N) is 2. The standard InChI is InChI=1S/C23H19F2N3O3S/c1-14-4-2-5-16(10-14)26-23-28(13-17-6-3-9-31-17)22(30)20(32-23)12-21(29)27-19-8-7-15(24)11-18(19)25/h2-11,20H,12-13H2,1H3,(H,27,29). The van der Waals surface area contributed by atoms with Crippen molar-refractivity contribution in [2.24, 2.45) is 4.99 Å². The van der Waals surface area contributed by atoms with Crippen LogP contribution in [-0.4, -0.2) is 27.1 Å². The Labute approximate surface area is 187 Å². The highest BCUT2D eigenvalue weighted by atomic mass is 32.2. The van der Waals surface area contributed by atoms with Gasteiger partial charge in [0.15, 0.2) is 5.17 Å². The molecule has 2 amide bonds. The summed E-state index contributed by atoms with van der Waals surface area (Å²) in [6, 6.07) is 13.9. The van der Waals surface area contributed by atoms with E-state index in [1.165, 1.54) is 22.9 Å². The average Bonchev–Trinajstić information content (AvgIpc) is 3.35. The first-order chi connectivity index (χ1) is 15.4. The lowest BCUT2D eigenvalue weighted by Crippen LogP contribution is -2.33. The number of amides is 2. The van der Waals surface area contributed by atoms with E-state index in [0.717, 1.165) is 17.7 Å². The number of carbonyl (C=O) groups is 2.